The molecule has 2 atom stereocenters. The van der Waals surface area contributed by atoms with Crippen LogP contribution in [0.15, 0.2) is 47.5 Å². The van der Waals surface area contributed by atoms with Crippen molar-refractivity contribution in [1.29, 1.82) is 0 Å². The third-order valence-corrected chi connectivity index (χ3v) is 7.35. The molecule has 1 saturated carbocycles. The maximum Gasteiger partial charge on any atom is 0.410 e. The van der Waals surface area contributed by atoms with Crippen LogP contribution in [0.5, 0.6) is 5.75 Å². The van der Waals surface area contributed by atoms with Crippen molar-refractivity contribution in [3.05, 3.63) is 64.7 Å². The second-order valence-electron chi connectivity index (χ2n) is 11.2. The number of hydrogen-bond acceptors (Lipinski definition) is 5. The average Bonchev–Trinajstić information content (AvgIpc) is 3.14. The molecule has 0 saturated heterocycles. The SMILES string of the molecule is Cc1cccc(O[C@H]2CC[C@H](c3nnc4n3C3C=CC(Cl)=CC3CN(C(=O)OC(C)(C)C)C4)CC2)c1. The van der Waals surface area contributed by atoms with E-state index in [-0.39, 0.29) is 24.2 Å². The predicted molar refractivity (Wildman–Crippen MR) is 139 cm³/mol. The van der Waals surface area contributed by atoms with Crippen LogP contribution in [0.3, 0.4) is 0 Å². The monoisotopic (exact) mass is 510 g/mol. The number of carbonyl (C=O) groups is 1. The smallest absolute Gasteiger partial charge is 0.410 e. The molecule has 36 heavy (non-hydrogen) atoms. The highest BCUT2D eigenvalue weighted by atomic mass is 35.5. The molecule has 1 amide bonds. The highest BCUT2D eigenvalue weighted by Crippen LogP contribution is 2.40. The summed E-state index contributed by atoms with van der Waals surface area (Å²) in [4.78, 5) is 14.7. The van der Waals surface area contributed by atoms with Gasteiger partial charge in [0.15, 0.2) is 5.82 Å². The van der Waals surface area contributed by atoms with Crippen molar-refractivity contribution < 1.29 is 14.3 Å². The van der Waals surface area contributed by atoms with Gasteiger partial charge in [0.05, 0.1) is 18.7 Å². The standard InChI is InChI=1S/C28H35ClN4O3/c1-18-6-5-7-23(14-18)35-22-11-8-19(9-12-22)26-31-30-25-17-32(27(34)36-28(2,3)4)16-20-15-21(29)10-13-24(20)33(25)26/h5-7,10,13-15,19-20,22,24H,8-9,11-12,16-17H2,1-4H3/t19-,20?,22-,24?. The fourth-order valence-corrected chi connectivity index (χ4v) is 5.69. The summed E-state index contributed by atoms with van der Waals surface area (Å²) in [6.07, 6.45) is 9.88. The number of carbonyl (C=O) groups excluding carboxylic acids is 1. The van der Waals surface area contributed by atoms with Crippen molar-refractivity contribution in [3.63, 3.8) is 0 Å². The van der Waals surface area contributed by atoms with E-state index in [1.807, 2.05) is 45.1 Å². The van der Waals surface area contributed by atoms with E-state index in [1.165, 1.54) is 5.56 Å². The van der Waals surface area contributed by atoms with Gasteiger partial charge in [-0.05, 0) is 77.2 Å². The molecule has 8 heteroatoms. The molecule has 0 spiro atoms. The summed E-state index contributed by atoms with van der Waals surface area (Å²) in [5.41, 5.74) is 0.637. The quantitative estimate of drug-likeness (QED) is 0.485. The number of ether oxygens (including phenoxy) is 2. The minimum Gasteiger partial charge on any atom is -0.490 e. The number of aromatic nitrogens is 3. The van der Waals surface area contributed by atoms with Crippen LogP contribution >= 0.6 is 11.6 Å². The number of benzene rings is 1. The van der Waals surface area contributed by atoms with Crippen molar-refractivity contribution in [1.82, 2.24) is 19.7 Å². The lowest BCUT2D eigenvalue weighted by atomic mass is 9.86. The van der Waals surface area contributed by atoms with E-state index in [0.717, 1.165) is 43.1 Å². The largest absolute Gasteiger partial charge is 0.490 e. The molecule has 1 aromatic carbocycles. The van der Waals surface area contributed by atoms with Gasteiger partial charge in [-0.1, -0.05) is 35.9 Å². The third kappa shape index (κ3) is 5.46. The van der Waals surface area contributed by atoms with Crippen LogP contribution in [-0.2, 0) is 11.3 Å². The Morgan fingerprint density at radius 1 is 1.14 bits per heavy atom. The first-order valence-corrected chi connectivity index (χ1v) is 13.2. The number of amides is 1. The van der Waals surface area contributed by atoms with E-state index in [1.54, 1.807) is 4.90 Å². The van der Waals surface area contributed by atoms with Gasteiger partial charge in [-0.25, -0.2) is 4.79 Å². The molecular weight excluding hydrogens is 476 g/mol. The van der Waals surface area contributed by atoms with Crippen LogP contribution < -0.4 is 4.74 Å². The lowest BCUT2D eigenvalue weighted by Gasteiger charge is -2.32. The molecule has 7 nitrogen and oxygen atoms in total. The van der Waals surface area contributed by atoms with Crippen LogP contribution in [0.2, 0.25) is 0 Å². The van der Waals surface area contributed by atoms with Gasteiger partial charge in [0, 0.05) is 23.4 Å². The molecule has 1 aliphatic heterocycles. The summed E-state index contributed by atoms with van der Waals surface area (Å²) in [6.45, 7) is 8.60. The van der Waals surface area contributed by atoms with Gasteiger partial charge in [-0.3, -0.25) is 4.90 Å². The number of aryl methyl sites for hydroxylation is 1. The van der Waals surface area contributed by atoms with E-state index in [0.29, 0.717) is 24.0 Å². The molecule has 1 aromatic heterocycles. The van der Waals surface area contributed by atoms with Crippen molar-refractivity contribution >= 4 is 17.7 Å². The molecular formula is C28H35ClN4O3. The number of rotatable bonds is 3. The second kappa shape index (κ2) is 9.92. The van der Waals surface area contributed by atoms with Crippen molar-refractivity contribution in [2.24, 2.45) is 5.92 Å². The fourth-order valence-electron chi connectivity index (χ4n) is 5.45. The van der Waals surface area contributed by atoms with Gasteiger partial charge in [0.25, 0.3) is 0 Å². The fraction of sp³-hybridized carbons (Fsp3) is 0.536. The maximum atomic E-state index is 13.0. The number of hydrogen-bond donors (Lipinski definition) is 0. The zero-order valence-electron chi connectivity index (χ0n) is 21.5. The number of halogens is 1. The molecule has 192 valence electrons. The Balaban J connectivity index is 1.35. The van der Waals surface area contributed by atoms with Crippen LogP contribution in [0.25, 0.3) is 0 Å². The summed E-state index contributed by atoms with van der Waals surface area (Å²) in [5, 5.41) is 9.93. The van der Waals surface area contributed by atoms with Gasteiger partial charge < -0.3 is 14.0 Å². The Morgan fingerprint density at radius 3 is 2.64 bits per heavy atom. The number of nitrogens with zero attached hydrogens (tertiary/aromatic N) is 4. The predicted octanol–water partition coefficient (Wildman–Crippen LogP) is 6.29. The molecule has 2 unspecified atom stereocenters. The molecule has 1 fully saturated rings. The van der Waals surface area contributed by atoms with E-state index < -0.39 is 5.60 Å². The molecule has 0 radical (unpaired) electrons. The van der Waals surface area contributed by atoms with Crippen molar-refractivity contribution in [2.75, 3.05) is 6.54 Å². The molecule has 3 aliphatic rings. The van der Waals surface area contributed by atoms with Crippen molar-refractivity contribution in [3.8, 4) is 5.75 Å². The minimum atomic E-state index is -0.569. The average molecular weight is 511 g/mol. The van der Waals surface area contributed by atoms with Crippen LogP contribution in [-0.4, -0.2) is 44.0 Å². The highest BCUT2D eigenvalue weighted by Gasteiger charge is 2.38. The van der Waals surface area contributed by atoms with Gasteiger partial charge >= 0.3 is 6.09 Å². The Bertz CT molecular complexity index is 1170. The Labute approximate surface area is 218 Å². The lowest BCUT2D eigenvalue weighted by Crippen LogP contribution is -2.38. The molecule has 5 rings (SSSR count). The Kier molecular flexibility index (Phi) is 6.86. The van der Waals surface area contributed by atoms with E-state index in [9.17, 15) is 4.79 Å². The Morgan fingerprint density at radius 2 is 1.92 bits per heavy atom. The summed E-state index contributed by atoms with van der Waals surface area (Å²) < 4.78 is 14.2. The summed E-state index contributed by atoms with van der Waals surface area (Å²) >= 11 is 6.39. The number of allylic oxidation sites excluding steroid dienone is 3. The van der Waals surface area contributed by atoms with Crippen LogP contribution in [0, 0.1) is 12.8 Å². The third-order valence-electron chi connectivity index (χ3n) is 7.10. The normalized spacial score (nSPS) is 25.9. The van der Waals surface area contributed by atoms with Gasteiger partial charge in [0.1, 0.15) is 17.2 Å². The van der Waals surface area contributed by atoms with Crippen LogP contribution in [0.1, 0.15) is 75.6 Å². The topological polar surface area (TPSA) is 69.5 Å². The minimum absolute atomic E-state index is 0.0150. The molecule has 2 aliphatic carbocycles. The molecule has 0 bridgehead atoms. The van der Waals surface area contributed by atoms with E-state index in [4.69, 9.17) is 21.1 Å². The zero-order valence-corrected chi connectivity index (χ0v) is 22.2. The summed E-state index contributed by atoms with van der Waals surface area (Å²) in [7, 11) is 0. The van der Waals surface area contributed by atoms with Crippen molar-refractivity contribution in [2.45, 2.75) is 83.6 Å². The molecule has 2 aromatic rings. The first-order valence-electron chi connectivity index (χ1n) is 12.9. The Hall–Kier alpha value is -2.80. The highest BCUT2D eigenvalue weighted by molar-refractivity contribution is 6.31. The summed E-state index contributed by atoms with van der Waals surface area (Å²) in [6, 6.07) is 8.26. The first kappa shape index (κ1) is 24.9. The van der Waals surface area contributed by atoms with Gasteiger partial charge in [0.2, 0.25) is 0 Å². The molecule has 2 heterocycles. The second-order valence-corrected chi connectivity index (χ2v) is 11.6. The van der Waals surface area contributed by atoms with Crippen LogP contribution in [0.4, 0.5) is 4.79 Å². The van der Waals surface area contributed by atoms with Gasteiger partial charge in [-0.15, -0.1) is 10.2 Å². The summed E-state index contributed by atoms with van der Waals surface area (Å²) in [5.74, 6) is 3.05. The zero-order chi connectivity index (χ0) is 25.4. The lowest BCUT2D eigenvalue weighted by molar-refractivity contribution is 0.0216. The van der Waals surface area contributed by atoms with E-state index in [2.05, 4.69) is 39.9 Å². The maximum absolute atomic E-state index is 13.0. The number of fused-ring (bicyclic) bond motifs is 3. The first-order chi connectivity index (χ1) is 17.2. The van der Waals surface area contributed by atoms with E-state index >= 15 is 0 Å². The molecule has 0 N–H and O–H groups in total. The van der Waals surface area contributed by atoms with Gasteiger partial charge in [-0.2, -0.15) is 0 Å².